The van der Waals surface area contributed by atoms with E-state index in [9.17, 15) is 4.79 Å². The summed E-state index contributed by atoms with van der Waals surface area (Å²) in [5, 5.41) is 0.822. The number of halogens is 1. The van der Waals surface area contributed by atoms with Gasteiger partial charge in [0.15, 0.2) is 0 Å². The van der Waals surface area contributed by atoms with Crippen LogP contribution < -0.4 is 0 Å². The Labute approximate surface area is 71.3 Å². The van der Waals surface area contributed by atoms with Crippen LogP contribution in [-0.4, -0.2) is 11.1 Å². The number of hydrogen-bond acceptors (Lipinski definition) is 1. The second-order valence-corrected chi connectivity index (χ2v) is 3.12. The minimum atomic E-state index is 0.250. The second-order valence-electron chi connectivity index (χ2n) is 2.48. The highest BCUT2D eigenvalue weighted by molar-refractivity contribution is 9.09. The van der Waals surface area contributed by atoms with Gasteiger partial charge in [-0.3, -0.25) is 4.79 Å². The highest BCUT2D eigenvalue weighted by Gasteiger charge is 2.12. The third kappa shape index (κ3) is 3.35. The van der Waals surface area contributed by atoms with E-state index >= 15 is 0 Å². The summed E-state index contributed by atoms with van der Waals surface area (Å²) in [6, 6.07) is 0. The van der Waals surface area contributed by atoms with E-state index in [1.807, 2.05) is 6.92 Å². The third-order valence-electron chi connectivity index (χ3n) is 1.63. The van der Waals surface area contributed by atoms with E-state index in [0.717, 1.165) is 24.6 Å². The average Bonchev–Trinajstić information content (AvgIpc) is 1.91. The van der Waals surface area contributed by atoms with E-state index < -0.39 is 0 Å². The van der Waals surface area contributed by atoms with Gasteiger partial charge in [-0.1, -0.05) is 29.8 Å². The minimum Gasteiger partial charge on any atom is -0.299 e. The molecule has 0 aliphatic rings. The Balaban J connectivity index is 3.65. The molecule has 0 aliphatic carbocycles. The summed E-state index contributed by atoms with van der Waals surface area (Å²) in [5.74, 6) is 0.654. The molecule has 0 N–H and O–H groups in total. The van der Waals surface area contributed by atoms with Crippen LogP contribution in [0, 0.1) is 5.92 Å². The van der Waals surface area contributed by atoms with Crippen molar-refractivity contribution in [3.05, 3.63) is 0 Å². The van der Waals surface area contributed by atoms with Crippen LogP contribution in [0.5, 0.6) is 0 Å². The first-order valence-corrected chi connectivity index (χ1v) is 4.97. The number of alkyl halides is 1. The van der Waals surface area contributed by atoms with Crippen molar-refractivity contribution in [1.29, 1.82) is 0 Å². The molecule has 0 heterocycles. The van der Waals surface area contributed by atoms with Crippen LogP contribution in [0.25, 0.3) is 0 Å². The zero-order valence-electron chi connectivity index (χ0n) is 6.69. The highest BCUT2D eigenvalue weighted by atomic mass is 79.9. The first kappa shape index (κ1) is 10.2. The van der Waals surface area contributed by atoms with Gasteiger partial charge in [-0.2, -0.15) is 0 Å². The second kappa shape index (κ2) is 5.90. The number of ketones is 1. The van der Waals surface area contributed by atoms with Gasteiger partial charge in [0.1, 0.15) is 5.78 Å². The van der Waals surface area contributed by atoms with Gasteiger partial charge in [-0.15, -0.1) is 0 Å². The lowest BCUT2D eigenvalue weighted by Crippen LogP contribution is -2.14. The van der Waals surface area contributed by atoms with Crippen molar-refractivity contribution < 1.29 is 4.79 Å². The predicted molar refractivity (Wildman–Crippen MR) is 47.5 cm³/mol. The molecule has 10 heavy (non-hydrogen) atoms. The Morgan fingerprint density at radius 2 is 2.10 bits per heavy atom. The summed E-state index contributed by atoms with van der Waals surface area (Å²) in [6.45, 7) is 4.10. The summed E-state index contributed by atoms with van der Waals surface area (Å²) in [7, 11) is 0. The maximum Gasteiger partial charge on any atom is 0.136 e. The molecule has 0 fully saturated rings. The topological polar surface area (TPSA) is 17.1 Å². The molecule has 2 heteroatoms. The Kier molecular flexibility index (Phi) is 5.99. The van der Waals surface area contributed by atoms with E-state index in [2.05, 4.69) is 22.9 Å². The molecule has 0 radical (unpaired) electrons. The molecule has 0 aromatic carbocycles. The molecule has 1 unspecified atom stereocenters. The van der Waals surface area contributed by atoms with E-state index in [4.69, 9.17) is 0 Å². The SMILES string of the molecule is CCCC(=O)C(CC)CBr. The largest absolute Gasteiger partial charge is 0.299 e. The summed E-state index contributed by atoms with van der Waals surface area (Å²) in [5.41, 5.74) is 0. The Hall–Kier alpha value is 0.150. The molecular formula is C8H15BrO. The number of carbonyl (C=O) groups excluding carboxylic acids is 1. The fraction of sp³-hybridized carbons (Fsp3) is 0.875. The zero-order valence-corrected chi connectivity index (χ0v) is 8.28. The first-order valence-electron chi connectivity index (χ1n) is 3.84. The van der Waals surface area contributed by atoms with Gasteiger partial charge in [0, 0.05) is 17.7 Å². The summed E-state index contributed by atoms with van der Waals surface area (Å²) >= 11 is 3.33. The molecule has 0 aromatic rings. The molecule has 0 saturated carbocycles. The van der Waals surface area contributed by atoms with Crippen LogP contribution in [0.3, 0.4) is 0 Å². The van der Waals surface area contributed by atoms with Crippen molar-refractivity contribution in [1.82, 2.24) is 0 Å². The standard InChI is InChI=1S/C8H15BrO/c1-3-5-8(10)7(4-2)6-9/h7H,3-6H2,1-2H3. The van der Waals surface area contributed by atoms with Crippen LogP contribution >= 0.6 is 15.9 Å². The van der Waals surface area contributed by atoms with E-state index in [0.29, 0.717) is 5.78 Å². The normalized spacial score (nSPS) is 13.1. The maximum atomic E-state index is 11.2. The molecule has 60 valence electrons. The fourth-order valence-corrected chi connectivity index (χ4v) is 1.69. The van der Waals surface area contributed by atoms with Gasteiger partial charge < -0.3 is 0 Å². The molecule has 1 nitrogen and oxygen atoms in total. The highest BCUT2D eigenvalue weighted by Crippen LogP contribution is 2.10. The van der Waals surface area contributed by atoms with Gasteiger partial charge in [0.2, 0.25) is 0 Å². The minimum absolute atomic E-state index is 0.250. The number of carbonyl (C=O) groups is 1. The van der Waals surface area contributed by atoms with Crippen molar-refractivity contribution in [2.24, 2.45) is 5.92 Å². The molecular weight excluding hydrogens is 192 g/mol. The van der Waals surface area contributed by atoms with Gasteiger partial charge in [-0.25, -0.2) is 0 Å². The monoisotopic (exact) mass is 206 g/mol. The maximum absolute atomic E-state index is 11.2. The van der Waals surface area contributed by atoms with Crippen molar-refractivity contribution in [3.63, 3.8) is 0 Å². The lowest BCUT2D eigenvalue weighted by atomic mass is 10.0. The van der Waals surface area contributed by atoms with Gasteiger partial charge in [-0.05, 0) is 12.8 Å². The van der Waals surface area contributed by atoms with Crippen molar-refractivity contribution in [3.8, 4) is 0 Å². The molecule has 0 aromatic heterocycles. The zero-order chi connectivity index (χ0) is 7.98. The van der Waals surface area contributed by atoms with Crippen LogP contribution in [0.1, 0.15) is 33.1 Å². The lowest BCUT2D eigenvalue weighted by molar-refractivity contribution is -0.122. The summed E-state index contributed by atoms with van der Waals surface area (Å²) < 4.78 is 0. The van der Waals surface area contributed by atoms with Crippen LogP contribution in [-0.2, 0) is 4.79 Å². The van der Waals surface area contributed by atoms with E-state index in [1.54, 1.807) is 0 Å². The predicted octanol–water partition coefficient (Wildman–Crippen LogP) is 2.78. The smallest absolute Gasteiger partial charge is 0.136 e. The molecule has 1 atom stereocenters. The average molecular weight is 207 g/mol. The van der Waals surface area contributed by atoms with Crippen LogP contribution in [0.2, 0.25) is 0 Å². The van der Waals surface area contributed by atoms with Crippen molar-refractivity contribution in [2.45, 2.75) is 33.1 Å². The van der Waals surface area contributed by atoms with Crippen LogP contribution in [0.4, 0.5) is 0 Å². The first-order chi connectivity index (χ1) is 4.76. The summed E-state index contributed by atoms with van der Waals surface area (Å²) in [6.07, 6.45) is 2.68. The Morgan fingerprint density at radius 3 is 2.40 bits per heavy atom. The fourth-order valence-electron chi connectivity index (χ4n) is 0.873. The molecule has 0 amide bonds. The summed E-state index contributed by atoms with van der Waals surface area (Å²) in [4.78, 5) is 11.2. The molecule has 0 spiro atoms. The van der Waals surface area contributed by atoms with Crippen molar-refractivity contribution >= 4 is 21.7 Å². The number of Topliss-reactive ketones (excluding diaryl/α,β-unsaturated/α-hetero) is 1. The van der Waals surface area contributed by atoms with E-state index in [-0.39, 0.29) is 5.92 Å². The number of hydrogen-bond donors (Lipinski definition) is 0. The van der Waals surface area contributed by atoms with Gasteiger partial charge in [0.05, 0.1) is 0 Å². The molecule has 0 saturated heterocycles. The molecule has 0 rings (SSSR count). The number of rotatable bonds is 5. The molecule has 0 aliphatic heterocycles. The van der Waals surface area contributed by atoms with Crippen molar-refractivity contribution in [2.75, 3.05) is 5.33 Å². The molecule has 0 bridgehead atoms. The van der Waals surface area contributed by atoms with Gasteiger partial charge in [0.25, 0.3) is 0 Å². The Bertz CT molecular complexity index is 97.4. The van der Waals surface area contributed by atoms with E-state index in [1.165, 1.54) is 0 Å². The van der Waals surface area contributed by atoms with Crippen LogP contribution in [0.15, 0.2) is 0 Å². The quantitative estimate of drug-likeness (QED) is 0.633. The van der Waals surface area contributed by atoms with Gasteiger partial charge >= 0.3 is 0 Å². The third-order valence-corrected chi connectivity index (χ3v) is 2.41. The Morgan fingerprint density at radius 1 is 1.50 bits per heavy atom. The lowest BCUT2D eigenvalue weighted by Gasteiger charge is -2.07.